The lowest BCUT2D eigenvalue weighted by Crippen LogP contribution is -2.31. The maximum atomic E-state index is 12.2. The van der Waals surface area contributed by atoms with Gasteiger partial charge in [0.1, 0.15) is 0 Å². The van der Waals surface area contributed by atoms with Gasteiger partial charge >= 0.3 is 0 Å². The van der Waals surface area contributed by atoms with E-state index < -0.39 is 0 Å². The Labute approximate surface area is 115 Å². The third-order valence-corrected chi connectivity index (χ3v) is 3.94. The zero-order valence-corrected chi connectivity index (χ0v) is 11.7. The molecular formula is C16H24N2O. The highest BCUT2D eigenvalue weighted by Gasteiger charge is 2.19. The molecule has 3 nitrogen and oxygen atoms in total. The molecule has 1 aliphatic rings. The molecule has 0 saturated carbocycles. The molecule has 1 amide bonds. The number of amides is 1. The van der Waals surface area contributed by atoms with Gasteiger partial charge in [0.2, 0.25) is 5.91 Å². The van der Waals surface area contributed by atoms with Gasteiger partial charge in [-0.1, -0.05) is 37.3 Å². The number of carbonyl (C=O) groups is 1. The van der Waals surface area contributed by atoms with E-state index in [1.54, 1.807) is 0 Å². The molecule has 2 rings (SSSR count). The van der Waals surface area contributed by atoms with Crippen molar-refractivity contribution in [1.82, 2.24) is 10.6 Å². The Morgan fingerprint density at radius 2 is 2.21 bits per heavy atom. The predicted octanol–water partition coefficient (Wildman–Crippen LogP) is 2.30. The van der Waals surface area contributed by atoms with Gasteiger partial charge in [-0.3, -0.25) is 4.79 Å². The quantitative estimate of drug-likeness (QED) is 0.824. The van der Waals surface area contributed by atoms with Gasteiger partial charge in [0.05, 0.1) is 5.92 Å². The molecule has 1 heterocycles. The molecular weight excluding hydrogens is 236 g/mol. The summed E-state index contributed by atoms with van der Waals surface area (Å²) >= 11 is 0. The molecule has 0 aliphatic carbocycles. The number of hydrogen-bond acceptors (Lipinski definition) is 2. The normalized spacial score (nSPS) is 20.2. The third-order valence-electron chi connectivity index (χ3n) is 3.94. The van der Waals surface area contributed by atoms with E-state index in [0.717, 1.165) is 44.0 Å². The minimum atomic E-state index is -0.0112. The van der Waals surface area contributed by atoms with Crippen LogP contribution in [0.25, 0.3) is 0 Å². The summed E-state index contributed by atoms with van der Waals surface area (Å²) in [5, 5.41) is 6.45. The molecule has 0 aromatic heterocycles. The predicted molar refractivity (Wildman–Crippen MR) is 78.1 cm³/mol. The van der Waals surface area contributed by atoms with Gasteiger partial charge in [0.25, 0.3) is 0 Å². The van der Waals surface area contributed by atoms with Crippen LogP contribution < -0.4 is 10.6 Å². The average molecular weight is 260 g/mol. The lowest BCUT2D eigenvalue weighted by molar-refractivity contribution is -0.122. The van der Waals surface area contributed by atoms with Crippen molar-refractivity contribution in [3.05, 3.63) is 35.9 Å². The molecule has 1 aromatic rings. The van der Waals surface area contributed by atoms with Crippen LogP contribution in [-0.2, 0) is 4.79 Å². The maximum Gasteiger partial charge on any atom is 0.227 e. The van der Waals surface area contributed by atoms with Crippen LogP contribution in [0.1, 0.15) is 37.7 Å². The summed E-state index contributed by atoms with van der Waals surface area (Å²) in [4.78, 5) is 12.2. The molecule has 1 fully saturated rings. The smallest absolute Gasteiger partial charge is 0.227 e. The monoisotopic (exact) mass is 260 g/mol. The van der Waals surface area contributed by atoms with Gasteiger partial charge in [-0.25, -0.2) is 0 Å². The first-order valence-electron chi connectivity index (χ1n) is 7.34. The number of carbonyl (C=O) groups excluding carboxylic acids is 1. The molecule has 2 unspecified atom stereocenters. The van der Waals surface area contributed by atoms with Crippen molar-refractivity contribution in [3.8, 4) is 0 Å². The standard InChI is InChI=1S/C16H24N2O/c1-2-15(14-6-4-3-5-7-14)16(19)18-11-9-13-8-10-17-12-13/h3-7,13,15,17H,2,8-12H2,1H3,(H,18,19). The highest BCUT2D eigenvalue weighted by molar-refractivity contribution is 5.83. The van der Waals surface area contributed by atoms with Crippen LogP contribution in [0.5, 0.6) is 0 Å². The summed E-state index contributed by atoms with van der Waals surface area (Å²) in [5.74, 6) is 0.889. The highest BCUT2D eigenvalue weighted by Crippen LogP contribution is 2.19. The molecule has 3 heteroatoms. The summed E-state index contributed by atoms with van der Waals surface area (Å²) < 4.78 is 0. The lowest BCUT2D eigenvalue weighted by atomic mass is 9.95. The second-order valence-corrected chi connectivity index (χ2v) is 5.31. The van der Waals surface area contributed by atoms with E-state index in [0.29, 0.717) is 0 Å². The third kappa shape index (κ3) is 4.06. The zero-order valence-electron chi connectivity index (χ0n) is 11.7. The van der Waals surface area contributed by atoms with E-state index in [1.165, 1.54) is 6.42 Å². The van der Waals surface area contributed by atoms with Crippen LogP contribution in [0.4, 0.5) is 0 Å². The van der Waals surface area contributed by atoms with Crippen LogP contribution >= 0.6 is 0 Å². The molecule has 1 aromatic carbocycles. The largest absolute Gasteiger partial charge is 0.356 e. The molecule has 2 atom stereocenters. The highest BCUT2D eigenvalue weighted by atomic mass is 16.1. The Kier molecular flexibility index (Phi) is 5.40. The van der Waals surface area contributed by atoms with Crippen molar-refractivity contribution in [1.29, 1.82) is 0 Å². The van der Waals surface area contributed by atoms with Gasteiger partial charge < -0.3 is 10.6 Å². The van der Waals surface area contributed by atoms with E-state index >= 15 is 0 Å². The Hall–Kier alpha value is -1.35. The fraction of sp³-hybridized carbons (Fsp3) is 0.562. The molecule has 1 saturated heterocycles. The minimum absolute atomic E-state index is 0.0112. The minimum Gasteiger partial charge on any atom is -0.356 e. The Balaban J connectivity index is 1.80. The van der Waals surface area contributed by atoms with Gasteiger partial charge in [0.15, 0.2) is 0 Å². The van der Waals surface area contributed by atoms with Crippen LogP contribution in [0, 0.1) is 5.92 Å². The molecule has 19 heavy (non-hydrogen) atoms. The molecule has 0 spiro atoms. The second-order valence-electron chi connectivity index (χ2n) is 5.31. The van der Waals surface area contributed by atoms with E-state index in [1.807, 2.05) is 30.3 Å². The van der Waals surface area contributed by atoms with Crippen molar-refractivity contribution < 1.29 is 4.79 Å². The summed E-state index contributed by atoms with van der Waals surface area (Å²) in [5.41, 5.74) is 1.12. The van der Waals surface area contributed by atoms with Crippen molar-refractivity contribution in [2.75, 3.05) is 19.6 Å². The van der Waals surface area contributed by atoms with Crippen LogP contribution in [-0.4, -0.2) is 25.5 Å². The Bertz CT molecular complexity index is 385. The SMILES string of the molecule is CCC(C(=O)NCCC1CCNC1)c1ccccc1. The number of nitrogens with one attached hydrogen (secondary N) is 2. The van der Waals surface area contributed by atoms with E-state index in [9.17, 15) is 4.79 Å². The number of rotatable bonds is 6. The molecule has 104 valence electrons. The average Bonchev–Trinajstić information content (AvgIpc) is 2.94. The summed E-state index contributed by atoms with van der Waals surface area (Å²) in [6, 6.07) is 10.1. The van der Waals surface area contributed by atoms with Crippen molar-refractivity contribution in [2.45, 2.75) is 32.1 Å². The van der Waals surface area contributed by atoms with E-state index in [2.05, 4.69) is 17.6 Å². The Morgan fingerprint density at radius 1 is 1.42 bits per heavy atom. The first-order chi connectivity index (χ1) is 9.31. The van der Waals surface area contributed by atoms with E-state index in [4.69, 9.17) is 0 Å². The molecule has 2 N–H and O–H groups in total. The van der Waals surface area contributed by atoms with Gasteiger partial charge in [-0.2, -0.15) is 0 Å². The van der Waals surface area contributed by atoms with E-state index in [-0.39, 0.29) is 11.8 Å². The topological polar surface area (TPSA) is 41.1 Å². The van der Waals surface area contributed by atoms with Gasteiger partial charge in [0, 0.05) is 6.54 Å². The fourth-order valence-corrected chi connectivity index (χ4v) is 2.74. The molecule has 0 bridgehead atoms. The summed E-state index contributed by atoms with van der Waals surface area (Å²) in [6.45, 7) is 5.10. The summed E-state index contributed by atoms with van der Waals surface area (Å²) in [6.07, 6.45) is 3.18. The lowest BCUT2D eigenvalue weighted by Gasteiger charge is -2.16. The number of hydrogen-bond donors (Lipinski definition) is 2. The maximum absolute atomic E-state index is 12.2. The van der Waals surface area contributed by atoms with Crippen LogP contribution in [0.2, 0.25) is 0 Å². The fourth-order valence-electron chi connectivity index (χ4n) is 2.74. The van der Waals surface area contributed by atoms with Crippen molar-refractivity contribution >= 4 is 5.91 Å². The molecule has 1 aliphatic heterocycles. The van der Waals surface area contributed by atoms with Crippen molar-refractivity contribution in [3.63, 3.8) is 0 Å². The van der Waals surface area contributed by atoms with Crippen molar-refractivity contribution in [2.24, 2.45) is 5.92 Å². The van der Waals surface area contributed by atoms with Crippen LogP contribution in [0.3, 0.4) is 0 Å². The zero-order chi connectivity index (χ0) is 13.5. The van der Waals surface area contributed by atoms with Crippen LogP contribution in [0.15, 0.2) is 30.3 Å². The first kappa shape index (κ1) is 14.1. The first-order valence-corrected chi connectivity index (χ1v) is 7.34. The van der Waals surface area contributed by atoms with Gasteiger partial charge in [-0.15, -0.1) is 0 Å². The Morgan fingerprint density at radius 3 is 2.84 bits per heavy atom. The molecule has 0 radical (unpaired) electrons. The summed E-state index contributed by atoms with van der Waals surface area (Å²) in [7, 11) is 0. The van der Waals surface area contributed by atoms with Gasteiger partial charge in [-0.05, 0) is 43.8 Å². The second kappa shape index (κ2) is 7.29. The number of benzene rings is 1.